The SMILES string of the molecule is CCOC(=O)C1=C(C)N=c2s/c(=C\c3ccc(OC)c(OC)c3)c(=O)n2C1c1ccccc1F. The van der Waals surface area contributed by atoms with Crippen LogP contribution >= 0.6 is 11.3 Å². The molecule has 34 heavy (non-hydrogen) atoms. The lowest BCUT2D eigenvalue weighted by Crippen LogP contribution is -2.40. The van der Waals surface area contributed by atoms with Crippen molar-refractivity contribution in [2.75, 3.05) is 20.8 Å². The molecule has 3 aromatic rings. The van der Waals surface area contributed by atoms with Gasteiger partial charge in [0, 0.05) is 5.56 Å². The molecule has 0 radical (unpaired) electrons. The first-order valence-electron chi connectivity index (χ1n) is 10.6. The summed E-state index contributed by atoms with van der Waals surface area (Å²) in [6, 6.07) is 10.4. The second kappa shape index (κ2) is 9.64. The first kappa shape index (κ1) is 23.4. The van der Waals surface area contributed by atoms with Gasteiger partial charge in [-0.1, -0.05) is 35.6 Å². The Hall–Kier alpha value is -3.72. The second-order valence-electron chi connectivity index (χ2n) is 7.44. The molecule has 4 rings (SSSR count). The highest BCUT2D eigenvalue weighted by atomic mass is 32.1. The Morgan fingerprint density at radius 1 is 1.18 bits per heavy atom. The highest BCUT2D eigenvalue weighted by molar-refractivity contribution is 7.07. The van der Waals surface area contributed by atoms with E-state index in [2.05, 4.69) is 4.99 Å². The Kier molecular flexibility index (Phi) is 6.65. The Bertz CT molecular complexity index is 1470. The minimum Gasteiger partial charge on any atom is -0.493 e. The van der Waals surface area contributed by atoms with E-state index in [0.29, 0.717) is 32.1 Å². The van der Waals surface area contributed by atoms with Crippen molar-refractivity contribution < 1.29 is 23.4 Å². The summed E-state index contributed by atoms with van der Waals surface area (Å²) in [5.74, 6) is -0.0753. The summed E-state index contributed by atoms with van der Waals surface area (Å²) in [6.07, 6.45) is 1.70. The zero-order valence-corrected chi connectivity index (χ0v) is 19.9. The number of carbonyl (C=O) groups is 1. The lowest BCUT2D eigenvalue weighted by molar-refractivity contribution is -0.139. The average molecular weight is 483 g/mol. The van der Waals surface area contributed by atoms with Gasteiger partial charge >= 0.3 is 5.97 Å². The zero-order chi connectivity index (χ0) is 24.4. The summed E-state index contributed by atoms with van der Waals surface area (Å²) >= 11 is 1.16. The van der Waals surface area contributed by atoms with E-state index in [1.807, 2.05) is 0 Å². The van der Waals surface area contributed by atoms with Gasteiger partial charge in [0.05, 0.1) is 36.6 Å². The number of benzene rings is 2. The topological polar surface area (TPSA) is 79.1 Å². The van der Waals surface area contributed by atoms with E-state index in [9.17, 15) is 14.0 Å². The van der Waals surface area contributed by atoms with Gasteiger partial charge in [0.25, 0.3) is 5.56 Å². The third-order valence-electron chi connectivity index (χ3n) is 5.42. The summed E-state index contributed by atoms with van der Waals surface area (Å²) in [5, 5.41) is 0. The van der Waals surface area contributed by atoms with Crippen molar-refractivity contribution >= 4 is 23.4 Å². The quantitative estimate of drug-likeness (QED) is 0.505. The number of nitrogens with zero attached hydrogens (tertiary/aromatic N) is 2. The van der Waals surface area contributed by atoms with Gasteiger partial charge in [0.2, 0.25) is 0 Å². The lowest BCUT2D eigenvalue weighted by atomic mass is 9.95. The van der Waals surface area contributed by atoms with Gasteiger partial charge in [0.15, 0.2) is 16.3 Å². The predicted octanol–water partition coefficient (Wildman–Crippen LogP) is 2.95. The van der Waals surface area contributed by atoms with Crippen LogP contribution in [0.2, 0.25) is 0 Å². The fourth-order valence-corrected chi connectivity index (χ4v) is 4.92. The Balaban J connectivity index is 1.95. The molecule has 0 saturated heterocycles. The number of thiazole rings is 1. The average Bonchev–Trinajstić information content (AvgIpc) is 3.13. The molecule has 7 nitrogen and oxygen atoms in total. The molecular weight excluding hydrogens is 459 g/mol. The minimum atomic E-state index is -0.996. The summed E-state index contributed by atoms with van der Waals surface area (Å²) < 4.78 is 32.5. The maximum atomic E-state index is 14.9. The van der Waals surface area contributed by atoms with Gasteiger partial charge in [-0.3, -0.25) is 9.36 Å². The van der Waals surface area contributed by atoms with Crippen molar-refractivity contribution in [1.29, 1.82) is 0 Å². The molecule has 1 unspecified atom stereocenters. The third-order valence-corrected chi connectivity index (χ3v) is 6.41. The molecule has 1 aliphatic rings. The third kappa shape index (κ3) is 4.14. The van der Waals surface area contributed by atoms with Crippen molar-refractivity contribution in [2.24, 2.45) is 4.99 Å². The van der Waals surface area contributed by atoms with E-state index in [0.717, 1.165) is 11.3 Å². The number of carbonyl (C=O) groups excluding carboxylic acids is 1. The summed E-state index contributed by atoms with van der Waals surface area (Å²) in [5.41, 5.74) is 1.04. The molecule has 1 aliphatic heterocycles. The molecule has 0 bridgehead atoms. The number of rotatable bonds is 6. The van der Waals surface area contributed by atoms with Crippen molar-refractivity contribution in [2.45, 2.75) is 19.9 Å². The highest BCUT2D eigenvalue weighted by Crippen LogP contribution is 2.32. The highest BCUT2D eigenvalue weighted by Gasteiger charge is 2.34. The molecule has 0 fully saturated rings. The molecule has 0 N–H and O–H groups in total. The number of allylic oxidation sites excluding steroid dienone is 1. The van der Waals surface area contributed by atoms with Crippen LogP contribution in [0.25, 0.3) is 6.08 Å². The largest absolute Gasteiger partial charge is 0.493 e. The first-order valence-corrected chi connectivity index (χ1v) is 11.4. The number of aromatic nitrogens is 1. The van der Waals surface area contributed by atoms with E-state index < -0.39 is 17.8 Å². The number of fused-ring (bicyclic) bond motifs is 1. The van der Waals surface area contributed by atoms with Crippen LogP contribution in [0.3, 0.4) is 0 Å². The van der Waals surface area contributed by atoms with Crippen LogP contribution in [0.5, 0.6) is 11.5 Å². The number of ether oxygens (including phenoxy) is 3. The molecule has 0 spiro atoms. The molecule has 9 heteroatoms. The van der Waals surface area contributed by atoms with Crippen LogP contribution in [-0.2, 0) is 9.53 Å². The first-order chi connectivity index (χ1) is 16.4. The molecule has 0 amide bonds. The molecule has 0 saturated carbocycles. The fourth-order valence-electron chi connectivity index (χ4n) is 3.88. The standard InChI is InChI=1S/C25H23FN2O5S/c1-5-33-24(30)21-14(2)27-25-28(22(21)16-8-6-7-9-17(16)26)23(29)20(34-25)13-15-10-11-18(31-3)19(12-15)32-4/h6-13,22H,5H2,1-4H3/b20-13-. The van der Waals surface area contributed by atoms with E-state index in [4.69, 9.17) is 14.2 Å². The molecule has 2 aromatic carbocycles. The number of esters is 1. The van der Waals surface area contributed by atoms with E-state index in [1.54, 1.807) is 63.4 Å². The van der Waals surface area contributed by atoms with Crippen molar-refractivity contribution in [3.63, 3.8) is 0 Å². The van der Waals surface area contributed by atoms with E-state index in [1.165, 1.54) is 17.7 Å². The van der Waals surface area contributed by atoms with Crippen LogP contribution in [-0.4, -0.2) is 31.4 Å². The van der Waals surface area contributed by atoms with Gasteiger partial charge in [-0.05, 0) is 43.7 Å². The number of hydrogen-bond donors (Lipinski definition) is 0. The predicted molar refractivity (Wildman–Crippen MR) is 126 cm³/mol. The number of hydrogen-bond acceptors (Lipinski definition) is 7. The van der Waals surface area contributed by atoms with Gasteiger partial charge in [0.1, 0.15) is 11.9 Å². The van der Waals surface area contributed by atoms with Gasteiger partial charge in [-0.15, -0.1) is 0 Å². The minimum absolute atomic E-state index is 0.136. The van der Waals surface area contributed by atoms with E-state index >= 15 is 0 Å². The molecule has 176 valence electrons. The molecule has 2 heterocycles. The maximum absolute atomic E-state index is 14.9. The smallest absolute Gasteiger partial charge is 0.338 e. The molecule has 0 aliphatic carbocycles. The molecule has 1 atom stereocenters. The van der Waals surface area contributed by atoms with Crippen LogP contribution in [0.1, 0.15) is 31.0 Å². The Morgan fingerprint density at radius 3 is 2.59 bits per heavy atom. The van der Waals surface area contributed by atoms with Crippen molar-refractivity contribution in [1.82, 2.24) is 4.57 Å². The van der Waals surface area contributed by atoms with Crippen LogP contribution < -0.4 is 24.4 Å². The lowest BCUT2D eigenvalue weighted by Gasteiger charge is -2.24. The summed E-state index contributed by atoms with van der Waals surface area (Å²) in [7, 11) is 3.07. The molecule has 1 aromatic heterocycles. The van der Waals surface area contributed by atoms with Gasteiger partial charge in [-0.25, -0.2) is 14.2 Å². The van der Waals surface area contributed by atoms with E-state index in [-0.39, 0.29) is 23.3 Å². The normalized spacial score (nSPS) is 15.6. The monoisotopic (exact) mass is 482 g/mol. The maximum Gasteiger partial charge on any atom is 0.338 e. The zero-order valence-electron chi connectivity index (χ0n) is 19.1. The summed E-state index contributed by atoms with van der Waals surface area (Å²) in [4.78, 5) is 31.3. The van der Waals surface area contributed by atoms with Crippen molar-refractivity contribution in [3.05, 3.63) is 90.4 Å². The van der Waals surface area contributed by atoms with Crippen LogP contribution in [0.15, 0.2) is 63.5 Å². The van der Waals surface area contributed by atoms with Gasteiger partial charge < -0.3 is 14.2 Å². The Labute approximate surface area is 199 Å². The van der Waals surface area contributed by atoms with Crippen LogP contribution in [0, 0.1) is 5.82 Å². The number of methoxy groups -OCH3 is 2. The fraction of sp³-hybridized carbons (Fsp3) is 0.240. The Morgan fingerprint density at radius 2 is 1.91 bits per heavy atom. The summed E-state index contributed by atoms with van der Waals surface area (Å²) in [6.45, 7) is 3.49. The molecular formula is C25H23FN2O5S. The second-order valence-corrected chi connectivity index (χ2v) is 8.45. The van der Waals surface area contributed by atoms with Crippen molar-refractivity contribution in [3.8, 4) is 11.5 Å². The number of halogens is 1. The van der Waals surface area contributed by atoms with Crippen LogP contribution in [0.4, 0.5) is 4.39 Å². The van der Waals surface area contributed by atoms with Gasteiger partial charge in [-0.2, -0.15) is 0 Å².